The molecular weight excluding hydrogens is 294 g/mol. The largest absolute Gasteiger partial charge is 0.444 e. The van der Waals surface area contributed by atoms with Crippen LogP contribution in [0.25, 0.3) is 0 Å². The second-order valence-corrected chi connectivity index (χ2v) is 8.78. The van der Waals surface area contributed by atoms with E-state index in [1.165, 1.54) is 0 Å². The lowest BCUT2D eigenvalue weighted by Crippen LogP contribution is -2.48. The molecule has 1 aliphatic carbocycles. The highest BCUT2D eigenvalue weighted by atomic mass is 32.2. The summed E-state index contributed by atoms with van der Waals surface area (Å²) in [6.07, 6.45) is 2.83. The smallest absolute Gasteiger partial charge is 0.410 e. The molecule has 1 heterocycles. The zero-order chi connectivity index (χ0) is 15.8. The van der Waals surface area contributed by atoms with Crippen molar-refractivity contribution < 1.29 is 22.1 Å². The van der Waals surface area contributed by atoms with Crippen molar-refractivity contribution in [3.63, 3.8) is 0 Å². The van der Waals surface area contributed by atoms with Gasteiger partial charge in [0.15, 0.2) is 0 Å². The van der Waals surface area contributed by atoms with Gasteiger partial charge in [0.1, 0.15) is 5.60 Å². The second kappa shape index (κ2) is 5.76. The average Bonchev–Trinajstić information content (AvgIpc) is 2.53. The molecule has 2 bridgehead atoms. The van der Waals surface area contributed by atoms with Crippen LogP contribution in [0.3, 0.4) is 0 Å². The number of nitrogens with zero attached hydrogens (tertiary/aromatic N) is 1. The molecule has 0 aromatic rings. The van der Waals surface area contributed by atoms with E-state index >= 15 is 0 Å². The molecule has 1 amide bonds. The third-order valence-corrected chi connectivity index (χ3v) is 4.72. The van der Waals surface area contributed by atoms with Crippen molar-refractivity contribution in [2.75, 3.05) is 26.0 Å². The fourth-order valence-corrected chi connectivity index (χ4v) is 3.69. The van der Waals surface area contributed by atoms with E-state index in [0.29, 0.717) is 24.9 Å². The lowest BCUT2D eigenvalue weighted by Gasteiger charge is -2.38. The fraction of sp³-hybridized carbons (Fsp3) is 0.929. The summed E-state index contributed by atoms with van der Waals surface area (Å²) in [5, 5.41) is 0. The molecule has 0 spiro atoms. The first-order valence-electron chi connectivity index (χ1n) is 7.37. The van der Waals surface area contributed by atoms with Crippen molar-refractivity contribution in [3.8, 4) is 0 Å². The standard InChI is InChI=1S/C14H25NO5S/c1-14(2,3)20-13(16)15-7-10-5-6-11(8-15)12(10)9-19-21(4,17)18/h10-12H,5-9H2,1-4H3. The molecule has 0 aromatic heterocycles. The van der Waals surface area contributed by atoms with E-state index in [9.17, 15) is 13.2 Å². The molecule has 1 saturated heterocycles. The van der Waals surface area contributed by atoms with Crippen LogP contribution in [0.15, 0.2) is 0 Å². The number of piperidine rings is 1. The lowest BCUT2D eigenvalue weighted by atomic mass is 9.86. The van der Waals surface area contributed by atoms with Crippen molar-refractivity contribution >= 4 is 16.2 Å². The summed E-state index contributed by atoms with van der Waals surface area (Å²) >= 11 is 0. The van der Waals surface area contributed by atoms with Gasteiger partial charge < -0.3 is 9.64 Å². The molecule has 1 saturated carbocycles. The Morgan fingerprint density at radius 2 is 1.71 bits per heavy atom. The number of carbonyl (C=O) groups is 1. The molecule has 7 heteroatoms. The van der Waals surface area contributed by atoms with Crippen LogP contribution >= 0.6 is 0 Å². The molecule has 2 fully saturated rings. The van der Waals surface area contributed by atoms with Crippen LogP contribution < -0.4 is 0 Å². The molecule has 2 atom stereocenters. The van der Waals surface area contributed by atoms with Gasteiger partial charge >= 0.3 is 6.09 Å². The zero-order valence-electron chi connectivity index (χ0n) is 13.2. The topological polar surface area (TPSA) is 72.9 Å². The Balaban J connectivity index is 1.94. The summed E-state index contributed by atoms with van der Waals surface area (Å²) < 4.78 is 32.6. The van der Waals surface area contributed by atoms with Crippen molar-refractivity contribution in [2.24, 2.45) is 17.8 Å². The second-order valence-electron chi connectivity index (χ2n) is 7.14. The van der Waals surface area contributed by atoms with Gasteiger partial charge in [0.2, 0.25) is 0 Å². The maximum Gasteiger partial charge on any atom is 0.410 e. The maximum atomic E-state index is 12.1. The third-order valence-electron chi connectivity index (χ3n) is 4.16. The minimum Gasteiger partial charge on any atom is -0.444 e. The van der Waals surface area contributed by atoms with E-state index in [-0.39, 0.29) is 18.6 Å². The molecule has 1 aliphatic heterocycles. The fourth-order valence-electron chi connectivity index (χ4n) is 3.29. The number of rotatable bonds is 3. The van der Waals surface area contributed by atoms with E-state index in [2.05, 4.69) is 0 Å². The van der Waals surface area contributed by atoms with E-state index in [1.54, 1.807) is 4.90 Å². The van der Waals surface area contributed by atoms with E-state index < -0.39 is 15.7 Å². The molecule has 6 nitrogen and oxygen atoms in total. The van der Waals surface area contributed by atoms with Gasteiger partial charge in [0.05, 0.1) is 12.9 Å². The van der Waals surface area contributed by atoms with Crippen molar-refractivity contribution in [2.45, 2.75) is 39.2 Å². The normalized spacial score (nSPS) is 29.5. The van der Waals surface area contributed by atoms with Gasteiger partial charge in [0, 0.05) is 13.1 Å². The van der Waals surface area contributed by atoms with Gasteiger partial charge in [-0.3, -0.25) is 4.18 Å². The Kier molecular flexibility index (Phi) is 4.54. The van der Waals surface area contributed by atoms with Crippen molar-refractivity contribution in [1.29, 1.82) is 0 Å². The Labute approximate surface area is 126 Å². The third kappa shape index (κ3) is 4.57. The van der Waals surface area contributed by atoms with Crippen molar-refractivity contribution in [1.82, 2.24) is 4.90 Å². The predicted molar refractivity (Wildman–Crippen MR) is 78.3 cm³/mol. The Morgan fingerprint density at radius 3 is 2.14 bits per heavy atom. The van der Waals surface area contributed by atoms with Crippen LogP contribution in [0.2, 0.25) is 0 Å². The molecule has 21 heavy (non-hydrogen) atoms. The quantitative estimate of drug-likeness (QED) is 0.742. The number of hydrogen-bond donors (Lipinski definition) is 0. The summed E-state index contributed by atoms with van der Waals surface area (Å²) in [7, 11) is -3.40. The van der Waals surface area contributed by atoms with E-state index in [4.69, 9.17) is 8.92 Å². The molecule has 0 N–H and O–H groups in total. The van der Waals surface area contributed by atoms with Crippen LogP contribution in [0.1, 0.15) is 33.6 Å². The lowest BCUT2D eigenvalue weighted by molar-refractivity contribution is 0.00363. The molecule has 2 aliphatic rings. The summed E-state index contributed by atoms with van der Waals surface area (Å²) in [6.45, 7) is 7.05. The van der Waals surface area contributed by atoms with Crippen LogP contribution in [0.5, 0.6) is 0 Å². The molecule has 2 rings (SSSR count). The summed E-state index contributed by atoms with van der Waals surface area (Å²) in [4.78, 5) is 13.9. The van der Waals surface area contributed by atoms with Crippen LogP contribution in [-0.2, 0) is 19.0 Å². The van der Waals surface area contributed by atoms with Gasteiger partial charge in [-0.05, 0) is 51.4 Å². The number of amides is 1. The number of hydrogen-bond acceptors (Lipinski definition) is 5. The highest BCUT2D eigenvalue weighted by molar-refractivity contribution is 7.85. The predicted octanol–water partition coefficient (Wildman–Crippen LogP) is 1.86. The highest BCUT2D eigenvalue weighted by Gasteiger charge is 2.44. The van der Waals surface area contributed by atoms with Crippen molar-refractivity contribution in [3.05, 3.63) is 0 Å². The Bertz CT molecular complexity index is 482. The van der Waals surface area contributed by atoms with Gasteiger partial charge in [-0.1, -0.05) is 0 Å². The Morgan fingerprint density at radius 1 is 1.19 bits per heavy atom. The molecule has 122 valence electrons. The molecule has 0 radical (unpaired) electrons. The zero-order valence-corrected chi connectivity index (χ0v) is 14.0. The van der Waals surface area contributed by atoms with Gasteiger partial charge in [-0.2, -0.15) is 8.42 Å². The number of carbonyl (C=O) groups excluding carboxylic acids is 1. The maximum absolute atomic E-state index is 12.1. The first-order chi connectivity index (χ1) is 9.55. The van der Waals surface area contributed by atoms with Gasteiger partial charge in [0.25, 0.3) is 10.1 Å². The van der Waals surface area contributed by atoms with Gasteiger partial charge in [-0.15, -0.1) is 0 Å². The first-order valence-corrected chi connectivity index (χ1v) is 9.19. The van der Waals surface area contributed by atoms with E-state index in [0.717, 1.165) is 19.1 Å². The summed E-state index contributed by atoms with van der Waals surface area (Å²) in [5.74, 6) is 0.828. The van der Waals surface area contributed by atoms with Crippen LogP contribution in [0, 0.1) is 17.8 Å². The highest BCUT2D eigenvalue weighted by Crippen LogP contribution is 2.42. The molecule has 0 aromatic carbocycles. The minimum absolute atomic E-state index is 0.221. The number of fused-ring (bicyclic) bond motifs is 2. The Hall–Kier alpha value is -0.820. The van der Waals surface area contributed by atoms with E-state index in [1.807, 2.05) is 20.8 Å². The molecular formula is C14H25NO5S. The number of likely N-dealkylation sites (tertiary alicyclic amines) is 1. The number of ether oxygens (including phenoxy) is 1. The minimum atomic E-state index is -3.40. The average molecular weight is 319 g/mol. The first kappa shape index (κ1) is 16.5. The SMILES string of the molecule is CC(C)(C)OC(=O)N1CC2CCC(C1)C2COS(C)(=O)=O. The van der Waals surface area contributed by atoms with Crippen LogP contribution in [0.4, 0.5) is 4.79 Å². The summed E-state index contributed by atoms with van der Waals surface area (Å²) in [6, 6.07) is 0. The molecule has 2 unspecified atom stereocenters. The monoisotopic (exact) mass is 319 g/mol. The van der Waals surface area contributed by atoms with Gasteiger partial charge in [-0.25, -0.2) is 4.79 Å². The summed E-state index contributed by atoms with van der Waals surface area (Å²) in [5.41, 5.74) is -0.494. The van der Waals surface area contributed by atoms with Crippen LogP contribution in [-0.4, -0.2) is 51.0 Å².